The summed E-state index contributed by atoms with van der Waals surface area (Å²) in [5.74, 6) is 1.99. The number of hydrogen-bond acceptors (Lipinski definition) is 2. The van der Waals surface area contributed by atoms with Gasteiger partial charge < -0.3 is 19.3 Å². The van der Waals surface area contributed by atoms with E-state index in [0.29, 0.717) is 0 Å². The number of quaternary nitrogens is 2. The van der Waals surface area contributed by atoms with E-state index >= 15 is 0 Å². The number of rotatable bonds is 6. The molecule has 0 saturated carbocycles. The van der Waals surface area contributed by atoms with Crippen molar-refractivity contribution in [2.75, 3.05) is 40.4 Å². The Hall–Kier alpha value is -1.56. The van der Waals surface area contributed by atoms with E-state index in [0.717, 1.165) is 29.1 Å². The molecule has 4 nitrogen and oxygen atoms in total. The molecule has 1 saturated heterocycles. The summed E-state index contributed by atoms with van der Waals surface area (Å²) < 4.78 is 12.1. The van der Waals surface area contributed by atoms with Gasteiger partial charge in [0.1, 0.15) is 50.8 Å². The third-order valence-electron chi connectivity index (χ3n) is 4.98. The number of methoxy groups -OCH3 is 2. The Balaban J connectivity index is 1.56. The van der Waals surface area contributed by atoms with Crippen LogP contribution in [0.1, 0.15) is 11.1 Å². The van der Waals surface area contributed by atoms with E-state index in [2.05, 4.69) is 40.2 Å². The van der Waals surface area contributed by atoms with Crippen LogP contribution in [0.15, 0.2) is 46.9 Å². The molecule has 2 N–H and O–H groups in total. The van der Waals surface area contributed by atoms with Gasteiger partial charge in [-0.1, -0.05) is 28.1 Å². The third-order valence-corrected chi connectivity index (χ3v) is 5.47. The Morgan fingerprint density at radius 2 is 1.36 bits per heavy atom. The van der Waals surface area contributed by atoms with Crippen LogP contribution in [-0.4, -0.2) is 40.4 Å². The summed E-state index contributed by atoms with van der Waals surface area (Å²) in [7, 11) is 3.50. The summed E-state index contributed by atoms with van der Waals surface area (Å²) in [6, 6.07) is 14.6. The number of ether oxygens (including phenoxy) is 2. The zero-order chi connectivity index (χ0) is 17.6. The van der Waals surface area contributed by atoms with Crippen molar-refractivity contribution < 1.29 is 19.3 Å². The molecule has 0 unspecified atom stereocenters. The van der Waals surface area contributed by atoms with Crippen LogP contribution in [0.2, 0.25) is 0 Å². The van der Waals surface area contributed by atoms with E-state index in [-0.39, 0.29) is 0 Å². The number of nitrogens with one attached hydrogen (secondary N) is 2. The molecular formula is C20H27BrN2O2+2. The molecule has 2 aromatic carbocycles. The van der Waals surface area contributed by atoms with E-state index in [4.69, 9.17) is 9.47 Å². The molecule has 5 heteroatoms. The summed E-state index contributed by atoms with van der Waals surface area (Å²) in [5.41, 5.74) is 2.58. The van der Waals surface area contributed by atoms with E-state index < -0.39 is 0 Å². The SMILES string of the molecule is COc1ccccc1C[NH+]1CC[NH+](Cc2cc(Br)ccc2OC)CC1. The van der Waals surface area contributed by atoms with Gasteiger partial charge in [-0.2, -0.15) is 0 Å². The first-order valence-electron chi connectivity index (χ1n) is 8.81. The lowest BCUT2D eigenvalue weighted by atomic mass is 10.1. The average Bonchev–Trinajstić information content (AvgIpc) is 2.64. The van der Waals surface area contributed by atoms with Crippen molar-refractivity contribution in [3.8, 4) is 11.5 Å². The minimum atomic E-state index is 0.986. The molecule has 3 rings (SSSR count). The van der Waals surface area contributed by atoms with Gasteiger partial charge in [-0.25, -0.2) is 0 Å². The Labute approximate surface area is 158 Å². The van der Waals surface area contributed by atoms with Crippen molar-refractivity contribution in [3.63, 3.8) is 0 Å². The molecule has 0 aliphatic carbocycles. The van der Waals surface area contributed by atoms with Crippen LogP contribution in [-0.2, 0) is 13.1 Å². The molecule has 0 atom stereocenters. The quantitative estimate of drug-likeness (QED) is 0.747. The van der Waals surface area contributed by atoms with Gasteiger partial charge in [0.2, 0.25) is 0 Å². The topological polar surface area (TPSA) is 27.3 Å². The van der Waals surface area contributed by atoms with Gasteiger partial charge in [-0.15, -0.1) is 0 Å². The molecule has 1 heterocycles. The molecule has 134 valence electrons. The van der Waals surface area contributed by atoms with Crippen molar-refractivity contribution in [2.45, 2.75) is 13.1 Å². The highest BCUT2D eigenvalue weighted by atomic mass is 79.9. The third kappa shape index (κ3) is 4.75. The van der Waals surface area contributed by atoms with Gasteiger partial charge in [0.25, 0.3) is 0 Å². The van der Waals surface area contributed by atoms with E-state index in [1.54, 1.807) is 24.0 Å². The highest BCUT2D eigenvalue weighted by Crippen LogP contribution is 2.22. The lowest BCUT2D eigenvalue weighted by Gasteiger charge is -2.30. The highest BCUT2D eigenvalue weighted by molar-refractivity contribution is 9.10. The number of hydrogen-bond donors (Lipinski definition) is 2. The largest absolute Gasteiger partial charge is 0.496 e. The molecule has 0 radical (unpaired) electrons. The van der Waals surface area contributed by atoms with E-state index in [1.165, 1.54) is 37.3 Å². The summed E-state index contributed by atoms with van der Waals surface area (Å²) in [6.45, 7) is 6.79. The molecular weight excluding hydrogens is 380 g/mol. The average molecular weight is 407 g/mol. The normalized spacial score (nSPS) is 20.3. The van der Waals surface area contributed by atoms with Crippen LogP contribution >= 0.6 is 15.9 Å². The fraction of sp³-hybridized carbons (Fsp3) is 0.400. The number of benzene rings is 2. The van der Waals surface area contributed by atoms with Gasteiger partial charge >= 0.3 is 0 Å². The van der Waals surface area contributed by atoms with Gasteiger partial charge in [-0.3, -0.25) is 0 Å². The van der Waals surface area contributed by atoms with Gasteiger partial charge in [-0.05, 0) is 30.3 Å². The zero-order valence-electron chi connectivity index (χ0n) is 15.0. The fourth-order valence-corrected chi connectivity index (χ4v) is 3.99. The van der Waals surface area contributed by atoms with Gasteiger partial charge in [0.05, 0.1) is 14.2 Å². The first-order chi connectivity index (χ1) is 12.2. The van der Waals surface area contributed by atoms with Crippen LogP contribution in [0.4, 0.5) is 0 Å². The molecule has 0 aromatic heterocycles. The predicted molar refractivity (Wildman–Crippen MR) is 102 cm³/mol. The second-order valence-corrected chi connectivity index (χ2v) is 7.54. The van der Waals surface area contributed by atoms with Crippen molar-refractivity contribution in [2.24, 2.45) is 0 Å². The Morgan fingerprint density at radius 3 is 2.00 bits per heavy atom. The first-order valence-corrected chi connectivity index (χ1v) is 9.60. The minimum Gasteiger partial charge on any atom is -0.496 e. The first kappa shape index (κ1) is 18.2. The molecule has 0 bridgehead atoms. The summed E-state index contributed by atoms with van der Waals surface area (Å²) in [5, 5.41) is 0. The van der Waals surface area contributed by atoms with Crippen LogP contribution in [0.3, 0.4) is 0 Å². The monoisotopic (exact) mass is 406 g/mol. The van der Waals surface area contributed by atoms with E-state index in [1.807, 2.05) is 18.2 Å². The lowest BCUT2D eigenvalue weighted by Crippen LogP contribution is -3.27. The van der Waals surface area contributed by atoms with Crippen molar-refractivity contribution in [1.82, 2.24) is 0 Å². The van der Waals surface area contributed by atoms with Gasteiger partial charge in [0.15, 0.2) is 0 Å². The lowest BCUT2D eigenvalue weighted by molar-refractivity contribution is -1.02. The Morgan fingerprint density at radius 1 is 0.800 bits per heavy atom. The number of halogens is 1. The van der Waals surface area contributed by atoms with E-state index in [9.17, 15) is 0 Å². The smallest absolute Gasteiger partial charge is 0.127 e. The standard InChI is InChI=1S/C20H25BrN2O2/c1-24-19-6-4-3-5-16(19)14-22-9-11-23(12-10-22)15-17-13-18(21)7-8-20(17)25-2/h3-8,13H,9-12,14-15H2,1-2H3/p+2. The van der Waals surface area contributed by atoms with Gasteiger partial charge in [0, 0.05) is 15.6 Å². The maximum absolute atomic E-state index is 5.51. The van der Waals surface area contributed by atoms with Crippen LogP contribution in [0.25, 0.3) is 0 Å². The fourth-order valence-electron chi connectivity index (χ4n) is 3.58. The summed E-state index contributed by atoms with van der Waals surface area (Å²) in [4.78, 5) is 3.26. The Kier molecular flexibility index (Phi) is 6.34. The maximum Gasteiger partial charge on any atom is 0.127 e. The molecule has 1 fully saturated rings. The Bertz CT molecular complexity index is 700. The molecule has 0 amide bonds. The zero-order valence-corrected chi connectivity index (χ0v) is 16.6. The van der Waals surface area contributed by atoms with Crippen molar-refractivity contribution >= 4 is 15.9 Å². The number of para-hydroxylation sites is 1. The molecule has 1 aliphatic heterocycles. The van der Waals surface area contributed by atoms with Crippen LogP contribution in [0.5, 0.6) is 11.5 Å². The summed E-state index contributed by atoms with van der Waals surface area (Å²) >= 11 is 3.57. The molecule has 1 aliphatic rings. The second kappa shape index (κ2) is 8.70. The minimum absolute atomic E-state index is 0.986. The maximum atomic E-state index is 5.51. The molecule has 0 spiro atoms. The summed E-state index contributed by atoms with van der Waals surface area (Å²) in [6.07, 6.45) is 0. The van der Waals surface area contributed by atoms with Crippen molar-refractivity contribution in [3.05, 3.63) is 58.1 Å². The van der Waals surface area contributed by atoms with Crippen LogP contribution in [0, 0.1) is 0 Å². The molecule has 2 aromatic rings. The van der Waals surface area contributed by atoms with Crippen LogP contribution < -0.4 is 19.3 Å². The highest BCUT2D eigenvalue weighted by Gasteiger charge is 2.24. The predicted octanol–water partition coefficient (Wildman–Crippen LogP) is 0.950. The second-order valence-electron chi connectivity index (χ2n) is 6.62. The van der Waals surface area contributed by atoms with Crippen molar-refractivity contribution in [1.29, 1.82) is 0 Å². The number of piperazine rings is 1. The molecule has 25 heavy (non-hydrogen) atoms.